The second-order valence-corrected chi connectivity index (χ2v) is 6.98. The van der Waals surface area contributed by atoms with Crippen molar-refractivity contribution in [3.8, 4) is 0 Å². The largest absolute Gasteiger partial charge is 0.444 e. The average Bonchev–Trinajstić information content (AvgIpc) is 3.07. The molecule has 0 saturated carbocycles. The first-order valence-corrected chi connectivity index (χ1v) is 8.84. The van der Waals surface area contributed by atoms with Crippen LogP contribution in [0.4, 0.5) is 0 Å². The van der Waals surface area contributed by atoms with Crippen molar-refractivity contribution in [2.24, 2.45) is 0 Å². The van der Waals surface area contributed by atoms with Gasteiger partial charge in [-0.3, -0.25) is 9.78 Å². The van der Waals surface area contributed by atoms with E-state index >= 15 is 0 Å². The lowest BCUT2D eigenvalue weighted by Gasteiger charge is -2.15. The van der Waals surface area contributed by atoms with Crippen molar-refractivity contribution in [2.75, 3.05) is 7.05 Å². The van der Waals surface area contributed by atoms with Crippen LogP contribution in [0.5, 0.6) is 0 Å². The molecule has 5 heteroatoms. The molecular formula is C20H20N2O2S. The second-order valence-electron chi connectivity index (χ2n) is 5.96. The molecule has 0 fully saturated rings. The van der Waals surface area contributed by atoms with Gasteiger partial charge in [-0.15, -0.1) is 0 Å². The maximum absolute atomic E-state index is 12.6. The van der Waals surface area contributed by atoms with Crippen LogP contribution in [-0.4, -0.2) is 22.8 Å². The summed E-state index contributed by atoms with van der Waals surface area (Å²) in [5.74, 6) is 0.206. The summed E-state index contributed by atoms with van der Waals surface area (Å²) in [7, 11) is 1.76. The van der Waals surface area contributed by atoms with E-state index in [0.29, 0.717) is 12.3 Å². The molecule has 0 saturated heterocycles. The van der Waals surface area contributed by atoms with E-state index in [1.165, 1.54) is 16.0 Å². The Bertz CT molecular complexity index is 854. The molecule has 25 heavy (non-hydrogen) atoms. The van der Waals surface area contributed by atoms with E-state index in [2.05, 4.69) is 31.0 Å². The van der Waals surface area contributed by atoms with Gasteiger partial charge in [0.1, 0.15) is 0 Å². The number of carbonyl (C=O) groups is 1. The van der Waals surface area contributed by atoms with Crippen molar-refractivity contribution in [3.05, 3.63) is 77.3 Å². The van der Waals surface area contributed by atoms with Crippen LogP contribution >= 0.6 is 11.8 Å². The predicted octanol–water partition coefficient (Wildman–Crippen LogP) is 4.71. The van der Waals surface area contributed by atoms with Crippen LogP contribution in [-0.2, 0) is 6.54 Å². The fourth-order valence-electron chi connectivity index (χ4n) is 2.58. The van der Waals surface area contributed by atoms with Gasteiger partial charge in [-0.25, -0.2) is 0 Å². The molecule has 0 aliphatic rings. The third-order valence-electron chi connectivity index (χ3n) is 3.89. The Hall–Kier alpha value is -2.53. The maximum atomic E-state index is 12.6. The van der Waals surface area contributed by atoms with Crippen LogP contribution < -0.4 is 0 Å². The van der Waals surface area contributed by atoms with E-state index in [1.54, 1.807) is 42.2 Å². The number of rotatable bonds is 5. The molecule has 0 bridgehead atoms. The Labute approximate surface area is 151 Å². The monoisotopic (exact) mass is 352 g/mol. The summed E-state index contributed by atoms with van der Waals surface area (Å²) >= 11 is 1.55. The SMILES string of the molecule is Cc1cccc(C)c1Sc1ccc(C(=O)N(C)Cc2cccnc2)o1. The van der Waals surface area contributed by atoms with Crippen molar-refractivity contribution < 1.29 is 9.21 Å². The highest BCUT2D eigenvalue weighted by atomic mass is 32.2. The first-order valence-electron chi connectivity index (χ1n) is 8.03. The second kappa shape index (κ2) is 7.57. The molecule has 2 aromatic heterocycles. The quantitative estimate of drug-likeness (QED) is 0.667. The molecule has 1 aromatic carbocycles. The lowest BCUT2D eigenvalue weighted by molar-refractivity contribution is 0.0748. The molecule has 128 valence electrons. The Morgan fingerprint density at radius 3 is 2.56 bits per heavy atom. The number of carbonyl (C=O) groups excluding carboxylic acids is 1. The average molecular weight is 352 g/mol. The van der Waals surface area contributed by atoms with Gasteiger partial charge in [0.15, 0.2) is 10.9 Å². The zero-order valence-corrected chi connectivity index (χ0v) is 15.3. The Kier molecular flexibility index (Phi) is 5.24. The van der Waals surface area contributed by atoms with E-state index in [9.17, 15) is 4.79 Å². The molecular weight excluding hydrogens is 332 g/mol. The molecule has 1 amide bonds. The van der Waals surface area contributed by atoms with Gasteiger partial charge < -0.3 is 9.32 Å². The van der Waals surface area contributed by atoms with Gasteiger partial charge in [0, 0.05) is 30.9 Å². The zero-order chi connectivity index (χ0) is 17.8. The van der Waals surface area contributed by atoms with Crippen LogP contribution in [0.3, 0.4) is 0 Å². The minimum Gasteiger partial charge on any atom is -0.444 e. The minimum absolute atomic E-state index is 0.141. The van der Waals surface area contributed by atoms with Gasteiger partial charge in [-0.1, -0.05) is 36.0 Å². The first kappa shape index (κ1) is 17.3. The fraction of sp³-hybridized carbons (Fsp3) is 0.200. The smallest absolute Gasteiger partial charge is 0.289 e. The molecule has 0 N–H and O–H groups in total. The van der Waals surface area contributed by atoms with E-state index in [4.69, 9.17) is 4.42 Å². The Morgan fingerprint density at radius 2 is 1.88 bits per heavy atom. The maximum Gasteiger partial charge on any atom is 0.289 e. The number of aromatic nitrogens is 1. The summed E-state index contributed by atoms with van der Waals surface area (Å²) in [5, 5.41) is 0.718. The van der Waals surface area contributed by atoms with Crippen LogP contribution in [0.2, 0.25) is 0 Å². The number of benzene rings is 1. The number of nitrogens with zero attached hydrogens (tertiary/aromatic N) is 2. The summed E-state index contributed by atoms with van der Waals surface area (Å²) in [6.07, 6.45) is 3.48. The number of pyridine rings is 1. The van der Waals surface area contributed by atoms with Gasteiger partial charge in [-0.2, -0.15) is 0 Å². The summed E-state index contributed by atoms with van der Waals surface area (Å²) in [4.78, 5) is 19.4. The highest BCUT2D eigenvalue weighted by Crippen LogP contribution is 2.34. The molecule has 0 aliphatic carbocycles. The Morgan fingerprint density at radius 1 is 1.12 bits per heavy atom. The molecule has 0 spiro atoms. The van der Waals surface area contributed by atoms with E-state index in [1.807, 2.05) is 24.3 Å². The lowest BCUT2D eigenvalue weighted by Crippen LogP contribution is -2.25. The number of hydrogen-bond acceptors (Lipinski definition) is 4. The van der Waals surface area contributed by atoms with Crippen LogP contribution in [0.15, 0.2) is 69.3 Å². The summed E-state index contributed by atoms with van der Waals surface area (Å²) in [5.41, 5.74) is 3.38. The minimum atomic E-state index is -0.141. The van der Waals surface area contributed by atoms with E-state index in [-0.39, 0.29) is 5.91 Å². The standard InChI is InChI=1S/C20H20N2O2S/c1-14-6-4-7-15(2)19(14)25-18-10-9-17(24-18)20(23)22(3)13-16-8-5-11-21-12-16/h4-12H,13H2,1-3H3. The van der Waals surface area contributed by atoms with Crippen molar-refractivity contribution in [3.63, 3.8) is 0 Å². The molecule has 0 atom stereocenters. The van der Waals surface area contributed by atoms with Crippen molar-refractivity contribution >= 4 is 17.7 Å². The zero-order valence-electron chi connectivity index (χ0n) is 14.5. The highest BCUT2D eigenvalue weighted by Gasteiger charge is 2.17. The number of aryl methyl sites for hydroxylation is 2. The van der Waals surface area contributed by atoms with Gasteiger partial charge in [-0.05, 0) is 48.7 Å². The summed E-state index contributed by atoms with van der Waals surface area (Å²) < 4.78 is 5.77. The van der Waals surface area contributed by atoms with Crippen LogP contribution in [0.1, 0.15) is 27.2 Å². The fourth-order valence-corrected chi connectivity index (χ4v) is 3.50. The molecule has 3 rings (SSSR count). The number of furan rings is 1. The third-order valence-corrected chi connectivity index (χ3v) is 5.16. The predicted molar refractivity (Wildman–Crippen MR) is 98.8 cm³/mol. The van der Waals surface area contributed by atoms with E-state index < -0.39 is 0 Å². The molecule has 0 unspecified atom stereocenters. The number of amides is 1. The molecule has 0 aliphatic heterocycles. The summed E-state index contributed by atoms with van der Waals surface area (Å²) in [6, 6.07) is 13.6. The Balaban J connectivity index is 1.71. The topological polar surface area (TPSA) is 46.3 Å². The summed E-state index contributed by atoms with van der Waals surface area (Å²) in [6.45, 7) is 4.64. The van der Waals surface area contributed by atoms with E-state index in [0.717, 1.165) is 10.7 Å². The number of hydrogen-bond donors (Lipinski definition) is 0. The molecule has 4 nitrogen and oxygen atoms in total. The third kappa shape index (κ3) is 4.12. The van der Waals surface area contributed by atoms with Crippen molar-refractivity contribution in [1.82, 2.24) is 9.88 Å². The lowest BCUT2D eigenvalue weighted by atomic mass is 10.2. The van der Waals surface area contributed by atoms with Crippen molar-refractivity contribution in [1.29, 1.82) is 0 Å². The van der Waals surface area contributed by atoms with Gasteiger partial charge in [0.25, 0.3) is 5.91 Å². The normalized spacial score (nSPS) is 10.7. The van der Waals surface area contributed by atoms with Gasteiger partial charge in [0.05, 0.1) is 0 Å². The van der Waals surface area contributed by atoms with Gasteiger partial charge >= 0.3 is 0 Å². The van der Waals surface area contributed by atoms with Crippen LogP contribution in [0.25, 0.3) is 0 Å². The molecule has 0 radical (unpaired) electrons. The van der Waals surface area contributed by atoms with Gasteiger partial charge in [0.2, 0.25) is 0 Å². The highest BCUT2D eigenvalue weighted by molar-refractivity contribution is 7.99. The first-order chi connectivity index (χ1) is 12.0. The molecule has 3 aromatic rings. The molecule has 2 heterocycles. The van der Waals surface area contributed by atoms with Crippen molar-refractivity contribution in [2.45, 2.75) is 30.4 Å². The van der Waals surface area contributed by atoms with Crippen LogP contribution in [0, 0.1) is 13.8 Å².